The molecule has 0 amide bonds. The molecule has 0 spiro atoms. The van der Waals surface area contributed by atoms with Gasteiger partial charge in [0.05, 0.1) is 24.4 Å². The van der Waals surface area contributed by atoms with Crippen LogP contribution in [-0.2, 0) is 4.74 Å². The van der Waals surface area contributed by atoms with Gasteiger partial charge in [0, 0.05) is 6.07 Å². The van der Waals surface area contributed by atoms with Gasteiger partial charge >= 0.3 is 5.97 Å². The molecule has 0 atom stereocenters. The van der Waals surface area contributed by atoms with Gasteiger partial charge in [0.2, 0.25) is 0 Å². The lowest BCUT2D eigenvalue weighted by atomic mass is 10.2. The highest BCUT2D eigenvalue weighted by Gasteiger charge is 2.16. The van der Waals surface area contributed by atoms with Crippen molar-refractivity contribution in [2.75, 3.05) is 7.11 Å². The zero-order chi connectivity index (χ0) is 13.1. The number of aromatic nitrogens is 2. The van der Waals surface area contributed by atoms with Gasteiger partial charge < -0.3 is 4.74 Å². The van der Waals surface area contributed by atoms with Crippen LogP contribution in [0.5, 0.6) is 0 Å². The Hall–Kier alpha value is -2.13. The summed E-state index contributed by atoms with van der Waals surface area (Å²) in [6.45, 7) is 0. The molecule has 0 aliphatic heterocycles. The van der Waals surface area contributed by atoms with E-state index in [0.29, 0.717) is 21.5 Å². The first kappa shape index (κ1) is 12.3. The van der Waals surface area contributed by atoms with Gasteiger partial charge in [-0.05, 0) is 40.2 Å². The summed E-state index contributed by atoms with van der Waals surface area (Å²) in [4.78, 5) is 11.6. The SMILES string of the molecule is COC(=O)c1cc(Br)nn1-c1ccc(C#N)cc1. The predicted molar refractivity (Wildman–Crippen MR) is 67.3 cm³/mol. The first-order chi connectivity index (χ1) is 8.65. The fourth-order valence-corrected chi connectivity index (χ4v) is 1.85. The Labute approximate surface area is 112 Å². The van der Waals surface area contributed by atoms with Crippen LogP contribution < -0.4 is 0 Å². The normalized spacial score (nSPS) is 9.83. The number of methoxy groups -OCH3 is 1. The number of carbonyl (C=O) groups is 1. The van der Waals surface area contributed by atoms with Crippen molar-refractivity contribution < 1.29 is 9.53 Å². The van der Waals surface area contributed by atoms with E-state index in [2.05, 4.69) is 25.8 Å². The van der Waals surface area contributed by atoms with Gasteiger partial charge in [-0.1, -0.05) is 0 Å². The van der Waals surface area contributed by atoms with E-state index in [1.165, 1.54) is 11.8 Å². The minimum atomic E-state index is -0.474. The van der Waals surface area contributed by atoms with Gasteiger partial charge in [0.25, 0.3) is 0 Å². The molecule has 0 unspecified atom stereocenters. The summed E-state index contributed by atoms with van der Waals surface area (Å²) in [6.07, 6.45) is 0. The van der Waals surface area contributed by atoms with Crippen molar-refractivity contribution in [1.82, 2.24) is 9.78 Å². The van der Waals surface area contributed by atoms with Crippen LogP contribution in [0.15, 0.2) is 34.9 Å². The second-order valence-corrected chi connectivity index (χ2v) is 4.23. The van der Waals surface area contributed by atoms with E-state index in [1.54, 1.807) is 30.3 Å². The number of benzene rings is 1. The highest BCUT2D eigenvalue weighted by molar-refractivity contribution is 9.10. The maximum Gasteiger partial charge on any atom is 0.356 e. The van der Waals surface area contributed by atoms with Crippen LogP contribution in [0.1, 0.15) is 16.1 Å². The van der Waals surface area contributed by atoms with Crippen molar-refractivity contribution in [3.05, 3.63) is 46.2 Å². The van der Waals surface area contributed by atoms with Gasteiger partial charge in [0.1, 0.15) is 4.60 Å². The molecule has 18 heavy (non-hydrogen) atoms. The van der Waals surface area contributed by atoms with Gasteiger partial charge in [-0.15, -0.1) is 0 Å². The third-order valence-corrected chi connectivity index (χ3v) is 2.70. The van der Waals surface area contributed by atoms with E-state index in [-0.39, 0.29) is 0 Å². The smallest absolute Gasteiger partial charge is 0.356 e. The largest absolute Gasteiger partial charge is 0.464 e. The van der Waals surface area contributed by atoms with Crippen molar-refractivity contribution in [2.45, 2.75) is 0 Å². The second kappa shape index (κ2) is 5.02. The Balaban J connectivity index is 2.49. The summed E-state index contributed by atoms with van der Waals surface area (Å²) >= 11 is 3.21. The summed E-state index contributed by atoms with van der Waals surface area (Å²) in [5.74, 6) is -0.474. The van der Waals surface area contributed by atoms with Gasteiger partial charge in [-0.25, -0.2) is 9.48 Å². The summed E-state index contributed by atoms with van der Waals surface area (Å²) in [5.41, 5.74) is 1.54. The van der Waals surface area contributed by atoms with Crippen molar-refractivity contribution in [1.29, 1.82) is 5.26 Å². The summed E-state index contributed by atoms with van der Waals surface area (Å²) in [7, 11) is 1.31. The van der Waals surface area contributed by atoms with Crippen LogP contribution >= 0.6 is 15.9 Å². The molecule has 1 heterocycles. The number of hydrogen-bond donors (Lipinski definition) is 0. The maximum atomic E-state index is 11.6. The molecule has 0 N–H and O–H groups in total. The van der Waals surface area contributed by atoms with E-state index in [9.17, 15) is 4.79 Å². The van der Waals surface area contributed by atoms with E-state index < -0.39 is 5.97 Å². The number of esters is 1. The van der Waals surface area contributed by atoms with E-state index >= 15 is 0 Å². The van der Waals surface area contributed by atoms with E-state index in [4.69, 9.17) is 5.26 Å². The topological polar surface area (TPSA) is 67.9 Å². The molecule has 0 fully saturated rings. The van der Waals surface area contributed by atoms with Crippen LogP contribution in [0.2, 0.25) is 0 Å². The van der Waals surface area contributed by atoms with Gasteiger partial charge in [-0.3, -0.25) is 0 Å². The predicted octanol–water partition coefficient (Wildman–Crippen LogP) is 2.29. The molecule has 6 heteroatoms. The lowest BCUT2D eigenvalue weighted by molar-refractivity contribution is 0.0590. The highest BCUT2D eigenvalue weighted by Crippen LogP contribution is 2.17. The number of rotatable bonds is 2. The first-order valence-electron chi connectivity index (χ1n) is 5.00. The Morgan fingerprint density at radius 1 is 1.44 bits per heavy atom. The third-order valence-electron chi connectivity index (χ3n) is 2.32. The molecule has 2 rings (SSSR count). The van der Waals surface area contributed by atoms with Crippen molar-refractivity contribution in [2.24, 2.45) is 0 Å². The average Bonchev–Trinajstić information content (AvgIpc) is 2.80. The maximum absolute atomic E-state index is 11.6. The molecule has 0 aliphatic rings. The summed E-state index contributed by atoms with van der Waals surface area (Å²) in [5, 5.41) is 12.9. The van der Waals surface area contributed by atoms with Crippen LogP contribution in [0.25, 0.3) is 5.69 Å². The minimum absolute atomic E-state index is 0.314. The monoisotopic (exact) mass is 305 g/mol. The molecule has 0 bridgehead atoms. The van der Waals surface area contributed by atoms with E-state index in [1.807, 2.05) is 6.07 Å². The molecule has 5 nitrogen and oxygen atoms in total. The standard InChI is InChI=1S/C12H8BrN3O2/c1-18-12(17)10-6-11(13)15-16(10)9-4-2-8(7-14)3-5-9/h2-6H,1H3. The average molecular weight is 306 g/mol. The Morgan fingerprint density at radius 3 is 2.67 bits per heavy atom. The fraction of sp³-hybridized carbons (Fsp3) is 0.0833. The Morgan fingerprint density at radius 2 is 2.11 bits per heavy atom. The molecule has 1 aromatic carbocycles. The van der Waals surface area contributed by atoms with Crippen LogP contribution in [0.3, 0.4) is 0 Å². The number of ether oxygens (including phenoxy) is 1. The van der Waals surface area contributed by atoms with Crippen LogP contribution in [-0.4, -0.2) is 22.9 Å². The molecular weight excluding hydrogens is 298 g/mol. The Bertz CT molecular complexity index is 626. The van der Waals surface area contributed by atoms with Crippen LogP contribution in [0.4, 0.5) is 0 Å². The minimum Gasteiger partial charge on any atom is -0.464 e. The molecule has 0 saturated heterocycles. The second-order valence-electron chi connectivity index (χ2n) is 3.41. The molecular formula is C12H8BrN3O2. The van der Waals surface area contributed by atoms with Gasteiger partial charge in [0.15, 0.2) is 5.69 Å². The van der Waals surface area contributed by atoms with Crippen molar-refractivity contribution in [3.8, 4) is 11.8 Å². The molecule has 0 saturated carbocycles. The fourth-order valence-electron chi connectivity index (χ4n) is 1.48. The zero-order valence-electron chi connectivity index (χ0n) is 9.42. The lowest BCUT2D eigenvalue weighted by Gasteiger charge is -2.05. The number of nitriles is 1. The zero-order valence-corrected chi connectivity index (χ0v) is 11.0. The summed E-state index contributed by atoms with van der Waals surface area (Å²) in [6, 6.07) is 10.3. The number of hydrogen-bond acceptors (Lipinski definition) is 4. The summed E-state index contributed by atoms with van der Waals surface area (Å²) < 4.78 is 6.67. The van der Waals surface area contributed by atoms with Crippen molar-refractivity contribution in [3.63, 3.8) is 0 Å². The highest BCUT2D eigenvalue weighted by atomic mass is 79.9. The molecule has 2 aromatic rings. The Kier molecular flexibility index (Phi) is 3.44. The van der Waals surface area contributed by atoms with Gasteiger partial charge in [-0.2, -0.15) is 10.4 Å². The number of nitrogens with zero attached hydrogens (tertiary/aromatic N) is 3. The van der Waals surface area contributed by atoms with Crippen molar-refractivity contribution >= 4 is 21.9 Å². The molecule has 1 aromatic heterocycles. The number of halogens is 1. The molecule has 0 aliphatic carbocycles. The lowest BCUT2D eigenvalue weighted by Crippen LogP contribution is -2.10. The van der Waals surface area contributed by atoms with E-state index in [0.717, 1.165) is 0 Å². The first-order valence-corrected chi connectivity index (χ1v) is 5.79. The molecule has 0 radical (unpaired) electrons. The molecule has 90 valence electrons. The quantitative estimate of drug-likeness (QED) is 0.798. The number of carbonyl (C=O) groups excluding carboxylic acids is 1. The third kappa shape index (κ3) is 2.26. The van der Waals surface area contributed by atoms with Crippen LogP contribution in [0, 0.1) is 11.3 Å².